The maximum atomic E-state index is 12.4. The van der Waals surface area contributed by atoms with Crippen LogP contribution in [0, 0.1) is 13.8 Å². The average Bonchev–Trinajstić information content (AvgIpc) is 3.15. The van der Waals surface area contributed by atoms with Crippen molar-refractivity contribution in [3.63, 3.8) is 0 Å². The predicted octanol–water partition coefficient (Wildman–Crippen LogP) is 2.74. The minimum Gasteiger partial charge on any atom is -0.388 e. The average molecular weight is 327 g/mol. The van der Waals surface area contributed by atoms with Gasteiger partial charge in [-0.3, -0.25) is 9.48 Å². The Bertz CT molecular complexity index is 758. The molecule has 1 aromatic carbocycles. The van der Waals surface area contributed by atoms with E-state index in [4.69, 9.17) is 0 Å². The fourth-order valence-electron chi connectivity index (χ4n) is 3.29. The molecule has 0 saturated heterocycles. The summed E-state index contributed by atoms with van der Waals surface area (Å²) in [5.41, 5.74) is 4.03. The SMILES string of the molecule is Cc1ccc(-c2cc(C(=O)NCC3(O)CCCC3)nn2C)cc1C. The Kier molecular flexibility index (Phi) is 4.45. The lowest BCUT2D eigenvalue weighted by Gasteiger charge is -2.21. The molecule has 24 heavy (non-hydrogen) atoms. The molecule has 128 valence electrons. The Morgan fingerprint density at radius 2 is 1.96 bits per heavy atom. The number of benzene rings is 1. The monoisotopic (exact) mass is 327 g/mol. The Hall–Kier alpha value is -2.14. The van der Waals surface area contributed by atoms with Crippen molar-refractivity contribution in [2.75, 3.05) is 6.54 Å². The van der Waals surface area contributed by atoms with Crippen LogP contribution < -0.4 is 5.32 Å². The van der Waals surface area contributed by atoms with Crippen LogP contribution >= 0.6 is 0 Å². The van der Waals surface area contributed by atoms with Gasteiger partial charge in [-0.25, -0.2) is 0 Å². The van der Waals surface area contributed by atoms with Gasteiger partial charge in [0.2, 0.25) is 0 Å². The second-order valence-corrected chi connectivity index (χ2v) is 6.95. The highest BCUT2D eigenvalue weighted by molar-refractivity contribution is 5.93. The fourth-order valence-corrected chi connectivity index (χ4v) is 3.29. The maximum Gasteiger partial charge on any atom is 0.271 e. The molecule has 1 aliphatic rings. The molecule has 0 spiro atoms. The molecule has 2 aromatic rings. The first-order valence-corrected chi connectivity index (χ1v) is 8.50. The maximum absolute atomic E-state index is 12.4. The van der Waals surface area contributed by atoms with E-state index >= 15 is 0 Å². The van der Waals surface area contributed by atoms with Crippen LogP contribution in [0.2, 0.25) is 0 Å². The van der Waals surface area contributed by atoms with Gasteiger partial charge in [0, 0.05) is 19.2 Å². The van der Waals surface area contributed by atoms with Crippen LogP contribution in [0.1, 0.15) is 47.3 Å². The first-order valence-electron chi connectivity index (χ1n) is 8.50. The summed E-state index contributed by atoms with van der Waals surface area (Å²) in [7, 11) is 1.84. The third-order valence-electron chi connectivity index (χ3n) is 5.03. The molecule has 0 atom stereocenters. The summed E-state index contributed by atoms with van der Waals surface area (Å²) in [5, 5.41) is 17.5. The molecule has 0 bridgehead atoms. The van der Waals surface area contributed by atoms with Crippen molar-refractivity contribution in [3.05, 3.63) is 41.1 Å². The quantitative estimate of drug-likeness (QED) is 0.907. The number of nitrogens with zero attached hydrogens (tertiary/aromatic N) is 2. The van der Waals surface area contributed by atoms with E-state index in [1.165, 1.54) is 11.1 Å². The Labute approximate surface area is 142 Å². The number of aromatic nitrogens is 2. The number of rotatable bonds is 4. The van der Waals surface area contributed by atoms with Crippen molar-refractivity contribution >= 4 is 5.91 Å². The molecule has 5 nitrogen and oxygen atoms in total. The molecule has 1 aromatic heterocycles. The number of hydrogen-bond acceptors (Lipinski definition) is 3. The number of aliphatic hydroxyl groups is 1. The lowest BCUT2D eigenvalue weighted by Crippen LogP contribution is -2.40. The van der Waals surface area contributed by atoms with Crippen LogP contribution in [0.5, 0.6) is 0 Å². The van der Waals surface area contributed by atoms with Gasteiger partial charge < -0.3 is 10.4 Å². The number of hydrogen-bond donors (Lipinski definition) is 2. The normalized spacial score (nSPS) is 16.3. The van der Waals surface area contributed by atoms with Gasteiger partial charge in [0.25, 0.3) is 5.91 Å². The van der Waals surface area contributed by atoms with Crippen molar-refractivity contribution in [1.82, 2.24) is 15.1 Å². The summed E-state index contributed by atoms with van der Waals surface area (Å²) < 4.78 is 1.73. The molecule has 1 heterocycles. The number of carbonyl (C=O) groups is 1. The van der Waals surface area contributed by atoms with E-state index in [1.54, 1.807) is 10.7 Å². The zero-order chi connectivity index (χ0) is 17.3. The van der Waals surface area contributed by atoms with Crippen LogP contribution in [0.25, 0.3) is 11.3 Å². The number of aryl methyl sites for hydroxylation is 3. The van der Waals surface area contributed by atoms with Crippen molar-refractivity contribution < 1.29 is 9.90 Å². The van der Waals surface area contributed by atoms with Crippen LogP contribution in [-0.4, -0.2) is 32.9 Å². The minimum atomic E-state index is -0.749. The highest BCUT2D eigenvalue weighted by Crippen LogP contribution is 2.28. The van der Waals surface area contributed by atoms with E-state index in [1.807, 2.05) is 13.1 Å². The van der Waals surface area contributed by atoms with E-state index in [0.29, 0.717) is 12.2 Å². The minimum absolute atomic E-state index is 0.235. The molecule has 2 N–H and O–H groups in total. The second-order valence-electron chi connectivity index (χ2n) is 6.95. The topological polar surface area (TPSA) is 67.2 Å². The van der Waals surface area contributed by atoms with E-state index in [0.717, 1.165) is 36.9 Å². The number of nitrogens with one attached hydrogen (secondary N) is 1. The summed E-state index contributed by atoms with van der Waals surface area (Å²) in [4.78, 5) is 12.4. The van der Waals surface area contributed by atoms with Crippen LogP contribution in [0.15, 0.2) is 24.3 Å². The third-order valence-corrected chi connectivity index (χ3v) is 5.03. The highest BCUT2D eigenvalue weighted by Gasteiger charge is 2.31. The largest absolute Gasteiger partial charge is 0.388 e. The van der Waals surface area contributed by atoms with Gasteiger partial charge in [-0.2, -0.15) is 5.10 Å². The molecule has 5 heteroatoms. The molecule has 1 amide bonds. The van der Waals surface area contributed by atoms with Crippen molar-refractivity contribution in [1.29, 1.82) is 0 Å². The number of amides is 1. The summed E-state index contributed by atoms with van der Waals surface area (Å²) in [6, 6.07) is 8.03. The molecule has 1 aliphatic carbocycles. The zero-order valence-electron chi connectivity index (χ0n) is 14.6. The van der Waals surface area contributed by atoms with Crippen molar-refractivity contribution in [2.24, 2.45) is 7.05 Å². The van der Waals surface area contributed by atoms with E-state index < -0.39 is 5.60 Å². The smallest absolute Gasteiger partial charge is 0.271 e. The van der Waals surface area contributed by atoms with Crippen molar-refractivity contribution in [3.8, 4) is 11.3 Å². The Morgan fingerprint density at radius 3 is 2.62 bits per heavy atom. The molecule has 1 fully saturated rings. The van der Waals surface area contributed by atoms with E-state index in [2.05, 4.69) is 36.4 Å². The lowest BCUT2D eigenvalue weighted by atomic mass is 10.0. The molecule has 1 saturated carbocycles. The molecule has 0 unspecified atom stereocenters. The van der Waals surface area contributed by atoms with Crippen LogP contribution in [0.4, 0.5) is 0 Å². The van der Waals surface area contributed by atoms with Gasteiger partial charge >= 0.3 is 0 Å². The zero-order valence-corrected chi connectivity index (χ0v) is 14.6. The van der Waals surface area contributed by atoms with Crippen LogP contribution in [0.3, 0.4) is 0 Å². The van der Waals surface area contributed by atoms with Gasteiger partial charge in [0.1, 0.15) is 0 Å². The number of carbonyl (C=O) groups excluding carboxylic acids is 1. The molecular weight excluding hydrogens is 302 g/mol. The van der Waals surface area contributed by atoms with Gasteiger partial charge in [-0.1, -0.05) is 25.0 Å². The fraction of sp³-hybridized carbons (Fsp3) is 0.474. The highest BCUT2D eigenvalue weighted by atomic mass is 16.3. The first kappa shape index (κ1) is 16.7. The lowest BCUT2D eigenvalue weighted by molar-refractivity contribution is 0.0448. The Morgan fingerprint density at radius 1 is 1.25 bits per heavy atom. The van der Waals surface area contributed by atoms with E-state index in [9.17, 15) is 9.90 Å². The van der Waals surface area contributed by atoms with Gasteiger partial charge in [0.15, 0.2) is 5.69 Å². The van der Waals surface area contributed by atoms with Crippen molar-refractivity contribution in [2.45, 2.75) is 45.1 Å². The summed E-state index contributed by atoms with van der Waals surface area (Å²) >= 11 is 0. The second kappa shape index (κ2) is 6.40. The standard InChI is InChI=1S/C19H25N3O2/c1-13-6-7-15(10-14(13)2)17-11-16(21-22(17)3)18(23)20-12-19(24)8-4-5-9-19/h6-7,10-11,24H,4-5,8-9,12H2,1-3H3,(H,20,23). The summed E-state index contributed by atoms with van der Waals surface area (Å²) in [6.45, 7) is 4.45. The predicted molar refractivity (Wildman–Crippen MR) is 93.9 cm³/mol. The molecule has 0 radical (unpaired) electrons. The van der Waals surface area contributed by atoms with Gasteiger partial charge in [-0.05, 0) is 49.9 Å². The third kappa shape index (κ3) is 3.36. The van der Waals surface area contributed by atoms with Gasteiger partial charge in [-0.15, -0.1) is 0 Å². The molecular formula is C19H25N3O2. The van der Waals surface area contributed by atoms with Gasteiger partial charge in [0.05, 0.1) is 11.3 Å². The summed E-state index contributed by atoms with van der Waals surface area (Å²) in [6.07, 6.45) is 3.55. The first-order chi connectivity index (χ1) is 11.4. The molecule has 0 aliphatic heterocycles. The summed E-state index contributed by atoms with van der Waals surface area (Å²) in [5.74, 6) is -0.235. The van der Waals surface area contributed by atoms with E-state index in [-0.39, 0.29) is 5.91 Å². The van der Waals surface area contributed by atoms with Crippen LogP contribution in [-0.2, 0) is 7.05 Å². The Balaban J connectivity index is 1.75. The molecule has 3 rings (SSSR count).